The third kappa shape index (κ3) is 5.07. The van der Waals surface area contributed by atoms with Gasteiger partial charge in [-0.05, 0) is 23.3 Å². The van der Waals surface area contributed by atoms with Crippen molar-refractivity contribution < 1.29 is 14.9 Å². The number of aromatic hydroxyl groups is 1. The number of aliphatic hydroxyl groups is 1. The lowest BCUT2D eigenvalue weighted by Gasteiger charge is -2.40. The zero-order valence-electron chi connectivity index (χ0n) is 17.9. The lowest BCUT2D eigenvalue weighted by atomic mass is 9.96. The first-order chi connectivity index (χ1) is 15.2. The number of benzene rings is 3. The summed E-state index contributed by atoms with van der Waals surface area (Å²) in [6.45, 7) is 4.05. The molecule has 0 bridgehead atoms. The third-order valence-electron chi connectivity index (χ3n) is 6.03. The fourth-order valence-corrected chi connectivity index (χ4v) is 4.36. The van der Waals surface area contributed by atoms with Gasteiger partial charge in [-0.1, -0.05) is 60.7 Å². The van der Waals surface area contributed by atoms with Crippen LogP contribution in [0.2, 0.25) is 0 Å². The highest BCUT2D eigenvalue weighted by Crippen LogP contribution is 2.31. The van der Waals surface area contributed by atoms with Gasteiger partial charge >= 0.3 is 0 Å². The van der Waals surface area contributed by atoms with E-state index in [9.17, 15) is 10.2 Å². The van der Waals surface area contributed by atoms with Gasteiger partial charge < -0.3 is 14.9 Å². The van der Waals surface area contributed by atoms with Crippen LogP contribution in [0.1, 0.15) is 28.8 Å². The molecule has 2 N–H and O–H groups in total. The molecule has 0 radical (unpaired) electrons. The maximum atomic E-state index is 10.7. The second-order valence-electron chi connectivity index (χ2n) is 8.00. The summed E-state index contributed by atoms with van der Waals surface area (Å²) in [4.78, 5) is 4.77. The minimum Gasteiger partial charge on any atom is -0.507 e. The van der Waals surface area contributed by atoms with E-state index in [2.05, 4.69) is 70.5 Å². The largest absolute Gasteiger partial charge is 0.507 e. The van der Waals surface area contributed by atoms with Gasteiger partial charge in [-0.25, -0.2) is 0 Å². The summed E-state index contributed by atoms with van der Waals surface area (Å²) in [5.41, 5.74) is 3.13. The van der Waals surface area contributed by atoms with Gasteiger partial charge in [0.25, 0.3) is 0 Å². The SMILES string of the molecule is COc1ccc(C(O)CN2CCN(C(c3ccccc3)c3ccccc3)CC2)c(O)c1. The van der Waals surface area contributed by atoms with E-state index in [1.165, 1.54) is 11.1 Å². The number of ether oxygens (including phenoxy) is 1. The monoisotopic (exact) mass is 418 g/mol. The predicted octanol–water partition coefficient (Wildman–Crippen LogP) is 3.84. The average Bonchev–Trinajstić information content (AvgIpc) is 2.81. The number of phenols is 1. The number of hydrogen-bond donors (Lipinski definition) is 2. The zero-order chi connectivity index (χ0) is 21.6. The second kappa shape index (κ2) is 9.96. The Hall–Kier alpha value is -2.86. The van der Waals surface area contributed by atoms with Crippen molar-refractivity contribution in [1.29, 1.82) is 0 Å². The molecule has 1 saturated heterocycles. The summed E-state index contributed by atoms with van der Waals surface area (Å²) in [5, 5.41) is 20.9. The van der Waals surface area contributed by atoms with Gasteiger partial charge in [-0.15, -0.1) is 0 Å². The highest BCUT2D eigenvalue weighted by molar-refractivity contribution is 5.41. The first-order valence-electron chi connectivity index (χ1n) is 10.8. The minimum absolute atomic E-state index is 0.0682. The van der Waals surface area contributed by atoms with Crippen molar-refractivity contribution in [2.24, 2.45) is 0 Å². The van der Waals surface area contributed by atoms with Crippen molar-refractivity contribution in [3.63, 3.8) is 0 Å². The van der Waals surface area contributed by atoms with Crippen molar-refractivity contribution in [2.75, 3.05) is 39.8 Å². The van der Waals surface area contributed by atoms with E-state index in [-0.39, 0.29) is 11.8 Å². The second-order valence-corrected chi connectivity index (χ2v) is 8.00. The number of rotatable bonds is 7. The predicted molar refractivity (Wildman–Crippen MR) is 122 cm³/mol. The van der Waals surface area contributed by atoms with E-state index in [0.717, 1.165) is 26.2 Å². The number of phenolic OH excluding ortho intramolecular Hbond substituents is 1. The molecule has 5 nitrogen and oxygen atoms in total. The van der Waals surface area contributed by atoms with Crippen molar-refractivity contribution in [3.05, 3.63) is 95.6 Å². The van der Waals surface area contributed by atoms with Crippen LogP contribution in [-0.2, 0) is 0 Å². The van der Waals surface area contributed by atoms with Crippen molar-refractivity contribution in [1.82, 2.24) is 9.80 Å². The number of nitrogens with zero attached hydrogens (tertiary/aromatic N) is 2. The molecule has 3 aromatic rings. The summed E-state index contributed by atoms with van der Waals surface area (Å²) in [6, 6.07) is 26.5. The Bertz CT molecular complexity index is 917. The molecule has 0 aromatic heterocycles. The molecule has 0 saturated carbocycles. The normalized spacial score (nSPS) is 16.4. The lowest BCUT2D eigenvalue weighted by molar-refractivity contribution is 0.0613. The van der Waals surface area contributed by atoms with E-state index in [1.807, 2.05) is 0 Å². The van der Waals surface area contributed by atoms with Gasteiger partial charge in [0.2, 0.25) is 0 Å². The molecule has 0 spiro atoms. The molecular weight excluding hydrogens is 388 g/mol. The molecule has 1 unspecified atom stereocenters. The molecule has 162 valence electrons. The Balaban J connectivity index is 1.42. The highest BCUT2D eigenvalue weighted by atomic mass is 16.5. The summed E-state index contributed by atoms with van der Waals surface area (Å²) in [6.07, 6.45) is -0.739. The maximum Gasteiger partial charge on any atom is 0.125 e. The van der Waals surface area contributed by atoms with Crippen LogP contribution in [0.5, 0.6) is 11.5 Å². The summed E-state index contributed by atoms with van der Waals surface area (Å²) in [7, 11) is 1.56. The smallest absolute Gasteiger partial charge is 0.125 e. The first-order valence-corrected chi connectivity index (χ1v) is 10.8. The number of methoxy groups -OCH3 is 1. The van der Waals surface area contributed by atoms with Gasteiger partial charge in [0.15, 0.2) is 0 Å². The van der Waals surface area contributed by atoms with E-state index >= 15 is 0 Å². The van der Waals surface area contributed by atoms with Gasteiger partial charge in [-0.2, -0.15) is 0 Å². The van der Waals surface area contributed by atoms with E-state index in [4.69, 9.17) is 4.74 Å². The van der Waals surface area contributed by atoms with Crippen molar-refractivity contribution in [2.45, 2.75) is 12.1 Å². The summed E-state index contributed by atoms with van der Waals surface area (Å²) in [5.74, 6) is 0.647. The zero-order valence-corrected chi connectivity index (χ0v) is 17.9. The molecule has 31 heavy (non-hydrogen) atoms. The van der Waals surface area contributed by atoms with Crippen LogP contribution in [0.25, 0.3) is 0 Å². The average molecular weight is 419 g/mol. The third-order valence-corrected chi connectivity index (χ3v) is 6.03. The van der Waals surface area contributed by atoms with Crippen LogP contribution < -0.4 is 4.74 Å². The molecule has 1 heterocycles. The van der Waals surface area contributed by atoms with Crippen molar-refractivity contribution in [3.8, 4) is 11.5 Å². The maximum absolute atomic E-state index is 10.7. The van der Waals surface area contributed by atoms with E-state index in [1.54, 1.807) is 25.3 Å². The van der Waals surface area contributed by atoms with Gasteiger partial charge in [0, 0.05) is 44.4 Å². The highest BCUT2D eigenvalue weighted by Gasteiger charge is 2.27. The Morgan fingerprint density at radius 3 is 1.94 bits per heavy atom. The molecule has 1 atom stereocenters. The van der Waals surface area contributed by atoms with E-state index in [0.29, 0.717) is 17.9 Å². The van der Waals surface area contributed by atoms with Crippen LogP contribution in [0.4, 0.5) is 0 Å². The molecule has 1 aliphatic rings. The molecule has 1 fully saturated rings. The number of piperazine rings is 1. The van der Waals surface area contributed by atoms with Gasteiger partial charge in [0.1, 0.15) is 11.5 Å². The van der Waals surface area contributed by atoms with Crippen LogP contribution >= 0.6 is 0 Å². The fraction of sp³-hybridized carbons (Fsp3) is 0.308. The van der Waals surface area contributed by atoms with Crippen LogP contribution in [0.3, 0.4) is 0 Å². The Morgan fingerprint density at radius 1 is 0.839 bits per heavy atom. The Labute approximate surface area is 184 Å². The first kappa shape index (κ1) is 21.4. The molecule has 1 aliphatic heterocycles. The molecule has 0 amide bonds. The van der Waals surface area contributed by atoms with Crippen molar-refractivity contribution >= 4 is 0 Å². The molecule has 3 aromatic carbocycles. The molecule has 5 heteroatoms. The Kier molecular flexibility index (Phi) is 6.87. The number of β-amino-alcohol motifs (C(OH)–C–C–N with tert-alkyl or cyclic N) is 1. The standard InChI is InChI=1S/C26H30N2O3/c1-31-22-12-13-23(24(29)18-22)25(30)19-27-14-16-28(17-15-27)26(20-8-4-2-5-9-20)21-10-6-3-7-11-21/h2-13,18,25-26,29-30H,14-17,19H2,1H3. The van der Waals surface area contributed by atoms with Gasteiger partial charge in [0.05, 0.1) is 19.3 Å². The van der Waals surface area contributed by atoms with E-state index < -0.39 is 6.10 Å². The van der Waals surface area contributed by atoms with Crippen LogP contribution in [0.15, 0.2) is 78.9 Å². The molecule has 0 aliphatic carbocycles. The fourth-order valence-electron chi connectivity index (χ4n) is 4.36. The lowest BCUT2D eigenvalue weighted by Crippen LogP contribution is -2.48. The van der Waals surface area contributed by atoms with Crippen LogP contribution in [0, 0.1) is 0 Å². The minimum atomic E-state index is -0.739. The number of hydrogen-bond acceptors (Lipinski definition) is 5. The Morgan fingerprint density at radius 2 is 1.42 bits per heavy atom. The quantitative estimate of drug-likeness (QED) is 0.611. The van der Waals surface area contributed by atoms with Gasteiger partial charge in [-0.3, -0.25) is 9.80 Å². The molecular formula is C26H30N2O3. The molecule has 4 rings (SSSR count). The van der Waals surface area contributed by atoms with Crippen LogP contribution in [-0.4, -0.2) is 59.8 Å². The number of aliphatic hydroxyl groups excluding tert-OH is 1. The summed E-state index contributed by atoms with van der Waals surface area (Å²) >= 11 is 0. The summed E-state index contributed by atoms with van der Waals surface area (Å²) < 4.78 is 5.13. The topological polar surface area (TPSA) is 56.2 Å².